The molecule has 0 spiro atoms. The van der Waals surface area contributed by atoms with Crippen LogP contribution in [0.3, 0.4) is 0 Å². The zero-order chi connectivity index (χ0) is 14.0. The molecule has 0 aliphatic heterocycles. The van der Waals surface area contributed by atoms with Gasteiger partial charge in [-0.1, -0.05) is 36.2 Å². The van der Waals surface area contributed by atoms with Gasteiger partial charge in [0.15, 0.2) is 0 Å². The van der Waals surface area contributed by atoms with Gasteiger partial charge in [-0.15, -0.1) is 0 Å². The Bertz CT molecular complexity index is 473. The van der Waals surface area contributed by atoms with Gasteiger partial charge < -0.3 is 5.11 Å². The highest BCUT2D eigenvalue weighted by molar-refractivity contribution is 6.35. The summed E-state index contributed by atoms with van der Waals surface area (Å²) in [4.78, 5) is 11.3. The van der Waals surface area contributed by atoms with E-state index in [0.29, 0.717) is 16.0 Å². The molecule has 0 bridgehead atoms. The van der Waals surface area contributed by atoms with Gasteiger partial charge in [0.1, 0.15) is 0 Å². The predicted octanol–water partition coefficient (Wildman–Crippen LogP) is 4.67. The summed E-state index contributed by atoms with van der Waals surface area (Å²) in [6.45, 7) is 2.19. The smallest absolute Gasteiger partial charge is 0.306 e. The van der Waals surface area contributed by atoms with Crippen molar-refractivity contribution in [1.82, 2.24) is 0 Å². The van der Waals surface area contributed by atoms with Crippen molar-refractivity contribution in [3.8, 4) is 0 Å². The lowest BCUT2D eigenvalue weighted by molar-refractivity contribution is -0.145. The molecular weight excluding hydrogens is 283 g/mol. The molecule has 19 heavy (non-hydrogen) atoms. The second kappa shape index (κ2) is 6.15. The Morgan fingerprint density at radius 3 is 2.74 bits per heavy atom. The molecule has 0 heterocycles. The van der Waals surface area contributed by atoms with Crippen LogP contribution < -0.4 is 0 Å². The van der Waals surface area contributed by atoms with E-state index in [-0.39, 0.29) is 11.8 Å². The fourth-order valence-electron chi connectivity index (χ4n) is 3.02. The Hall–Kier alpha value is -0.730. The molecule has 0 aromatic heterocycles. The van der Waals surface area contributed by atoms with Crippen LogP contribution in [0.2, 0.25) is 10.0 Å². The molecule has 104 valence electrons. The Morgan fingerprint density at radius 2 is 2.11 bits per heavy atom. The molecule has 4 heteroatoms. The number of hydrogen-bond donors (Lipinski definition) is 1. The fraction of sp³-hybridized carbons (Fsp3) is 0.533. The molecular formula is C15H18Cl2O2. The third-order valence-corrected chi connectivity index (χ3v) is 4.65. The molecule has 2 rings (SSSR count). The highest BCUT2D eigenvalue weighted by Crippen LogP contribution is 2.37. The molecule has 1 saturated carbocycles. The average Bonchev–Trinajstić information content (AvgIpc) is 2.32. The second-order valence-corrected chi connectivity index (χ2v) is 6.41. The molecule has 2 nitrogen and oxygen atoms in total. The minimum Gasteiger partial charge on any atom is -0.481 e. The Kier molecular flexibility index (Phi) is 4.75. The van der Waals surface area contributed by atoms with Gasteiger partial charge in [0.05, 0.1) is 5.92 Å². The maximum absolute atomic E-state index is 11.3. The lowest BCUT2D eigenvalue weighted by Gasteiger charge is -2.32. The topological polar surface area (TPSA) is 37.3 Å². The molecule has 1 aliphatic rings. The zero-order valence-electron chi connectivity index (χ0n) is 10.9. The van der Waals surface area contributed by atoms with Crippen LogP contribution in [0.4, 0.5) is 0 Å². The van der Waals surface area contributed by atoms with Crippen LogP contribution in [0, 0.1) is 17.8 Å². The summed E-state index contributed by atoms with van der Waals surface area (Å²) in [5.74, 6) is -0.170. The van der Waals surface area contributed by atoms with Crippen LogP contribution in [0.25, 0.3) is 0 Å². The highest BCUT2D eigenvalue weighted by atomic mass is 35.5. The van der Waals surface area contributed by atoms with Gasteiger partial charge in [-0.25, -0.2) is 0 Å². The van der Waals surface area contributed by atoms with Gasteiger partial charge >= 0.3 is 5.97 Å². The molecule has 0 saturated heterocycles. The summed E-state index contributed by atoms with van der Waals surface area (Å²) in [5, 5.41) is 10.6. The van der Waals surface area contributed by atoms with Gasteiger partial charge in [-0.2, -0.15) is 0 Å². The van der Waals surface area contributed by atoms with Crippen molar-refractivity contribution >= 4 is 29.2 Å². The number of halogens is 2. The first-order valence-corrected chi connectivity index (χ1v) is 7.39. The number of benzene rings is 1. The summed E-state index contributed by atoms with van der Waals surface area (Å²) in [5.41, 5.74) is 0.997. The van der Waals surface area contributed by atoms with E-state index < -0.39 is 5.97 Å². The zero-order valence-corrected chi connectivity index (χ0v) is 12.4. The Morgan fingerprint density at radius 1 is 1.37 bits per heavy atom. The van der Waals surface area contributed by atoms with Gasteiger partial charge in [0, 0.05) is 10.0 Å². The summed E-state index contributed by atoms with van der Waals surface area (Å²) in [7, 11) is 0. The number of carboxylic acid groups (broad SMARTS) is 1. The van der Waals surface area contributed by atoms with Gasteiger partial charge in [-0.3, -0.25) is 4.79 Å². The SMILES string of the molecule is CC1CCC(C(=O)O)C(Cc2ccc(Cl)cc2Cl)C1. The van der Waals surface area contributed by atoms with Crippen molar-refractivity contribution in [2.24, 2.45) is 17.8 Å². The van der Waals surface area contributed by atoms with Crippen LogP contribution in [-0.2, 0) is 11.2 Å². The average molecular weight is 301 g/mol. The van der Waals surface area contributed by atoms with E-state index in [0.717, 1.165) is 31.2 Å². The predicted molar refractivity (Wildman–Crippen MR) is 77.8 cm³/mol. The number of rotatable bonds is 3. The van der Waals surface area contributed by atoms with E-state index in [1.54, 1.807) is 6.07 Å². The molecule has 0 amide bonds. The Balaban J connectivity index is 2.16. The highest BCUT2D eigenvalue weighted by Gasteiger charge is 2.33. The summed E-state index contributed by atoms with van der Waals surface area (Å²) < 4.78 is 0. The Labute approximate surface area is 123 Å². The first-order chi connectivity index (χ1) is 8.97. The second-order valence-electron chi connectivity index (χ2n) is 5.56. The van der Waals surface area contributed by atoms with E-state index in [2.05, 4.69) is 6.92 Å². The minimum atomic E-state index is -0.679. The van der Waals surface area contributed by atoms with Crippen molar-refractivity contribution in [3.05, 3.63) is 33.8 Å². The van der Waals surface area contributed by atoms with Crippen LogP contribution in [0.5, 0.6) is 0 Å². The maximum Gasteiger partial charge on any atom is 0.306 e. The van der Waals surface area contributed by atoms with E-state index in [1.807, 2.05) is 12.1 Å². The van der Waals surface area contributed by atoms with E-state index in [4.69, 9.17) is 23.2 Å². The van der Waals surface area contributed by atoms with Crippen molar-refractivity contribution in [2.75, 3.05) is 0 Å². The molecule has 1 fully saturated rings. The largest absolute Gasteiger partial charge is 0.481 e. The van der Waals surface area contributed by atoms with E-state index >= 15 is 0 Å². The van der Waals surface area contributed by atoms with Gasteiger partial charge in [0.2, 0.25) is 0 Å². The van der Waals surface area contributed by atoms with Crippen LogP contribution >= 0.6 is 23.2 Å². The standard InChI is InChI=1S/C15H18Cl2O2/c1-9-2-5-13(15(18)19)11(6-9)7-10-3-4-12(16)8-14(10)17/h3-4,8-9,11,13H,2,5-7H2,1H3,(H,18,19). The van der Waals surface area contributed by atoms with Gasteiger partial charge in [-0.05, 0) is 55.2 Å². The van der Waals surface area contributed by atoms with Crippen molar-refractivity contribution < 1.29 is 9.90 Å². The molecule has 1 aliphatic carbocycles. The number of carboxylic acids is 1. The maximum atomic E-state index is 11.3. The normalized spacial score (nSPS) is 27.2. The van der Waals surface area contributed by atoms with Crippen molar-refractivity contribution in [1.29, 1.82) is 0 Å². The van der Waals surface area contributed by atoms with Crippen molar-refractivity contribution in [3.63, 3.8) is 0 Å². The molecule has 3 unspecified atom stereocenters. The number of carbonyl (C=O) groups is 1. The first-order valence-electron chi connectivity index (χ1n) is 6.64. The summed E-state index contributed by atoms with van der Waals surface area (Å²) >= 11 is 12.1. The minimum absolute atomic E-state index is 0.167. The lowest BCUT2D eigenvalue weighted by atomic mass is 9.72. The molecule has 3 atom stereocenters. The third-order valence-electron chi connectivity index (χ3n) is 4.06. The third kappa shape index (κ3) is 3.64. The lowest BCUT2D eigenvalue weighted by Crippen LogP contribution is -2.31. The molecule has 1 N–H and O–H groups in total. The summed E-state index contributed by atoms with van der Waals surface area (Å²) in [6.07, 6.45) is 3.45. The quantitative estimate of drug-likeness (QED) is 0.880. The molecule has 0 radical (unpaired) electrons. The first kappa shape index (κ1) is 14.7. The van der Waals surface area contributed by atoms with E-state index in [1.165, 1.54) is 0 Å². The van der Waals surface area contributed by atoms with E-state index in [9.17, 15) is 9.90 Å². The van der Waals surface area contributed by atoms with Crippen LogP contribution in [0.15, 0.2) is 18.2 Å². The number of aliphatic carboxylic acids is 1. The molecule has 1 aromatic carbocycles. The van der Waals surface area contributed by atoms with Gasteiger partial charge in [0.25, 0.3) is 0 Å². The monoisotopic (exact) mass is 300 g/mol. The van der Waals surface area contributed by atoms with Crippen LogP contribution in [-0.4, -0.2) is 11.1 Å². The molecule has 1 aromatic rings. The fourth-order valence-corrected chi connectivity index (χ4v) is 3.50. The summed E-state index contributed by atoms with van der Waals surface area (Å²) in [6, 6.07) is 5.44. The van der Waals surface area contributed by atoms with Crippen LogP contribution in [0.1, 0.15) is 31.7 Å². The van der Waals surface area contributed by atoms with Crippen molar-refractivity contribution in [2.45, 2.75) is 32.6 Å². The number of hydrogen-bond acceptors (Lipinski definition) is 1.